The molecule has 29 heavy (non-hydrogen) atoms. The molecule has 2 heterocycles. The largest absolute Gasteiger partial charge is 0.493 e. The number of hydrogen-bond donors (Lipinski definition) is 0. The molecule has 162 valence electrons. The first-order valence-electron chi connectivity index (χ1n) is 10.2. The van der Waals surface area contributed by atoms with Gasteiger partial charge >= 0.3 is 0 Å². The molecule has 0 atom stereocenters. The third-order valence-corrected chi connectivity index (χ3v) is 7.54. The Hall–Kier alpha value is -1.84. The third-order valence-electron chi connectivity index (χ3n) is 5.64. The average molecular weight is 426 g/mol. The molecule has 8 nitrogen and oxygen atoms in total. The second-order valence-corrected chi connectivity index (χ2v) is 9.43. The van der Waals surface area contributed by atoms with E-state index in [-0.39, 0.29) is 10.8 Å². The number of sulfonamides is 1. The van der Waals surface area contributed by atoms with Crippen molar-refractivity contribution < 1.29 is 22.7 Å². The van der Waals surface area contributed by atoms with E-state index in [9.17, 15) is 13.2 Å². The van der Waals surface area contributed by atoms with E-state index in [1.807, 2.05) is 9.80 Å². The molecule has 3 rings (SSSR count). The number of carbonyl (C=O) groups is 1. The van der Waals surface area contributed by atoms with Gasteiger partial charge in [-0.2, -0.15) is 4.31 Å². The Balaban J connectivity index is 1.58. The summed E-state index contributed by atoms with van der Waals surface area (Å²) in [5.41, 5.74) is 0. The Kier molecular flexibility index (Phi) is 7.37. The SMILES string of the molecule is COc1ccc(S(=O)(=O)N2CCN(CC(=O)N3CCCCCC3)CC2)cc1OC. The summed E-state index contributed by atoms with van der Waals surface area (Å²) in [6.07, 6.45) is 4.53. The minimum absolute atomic E-state index is 0.156. The first kappa shape index (κ1) is 21.9. The van der Waals surface area contributed by atoms with E-state index in [1.165, 1.54) is 43.5 Å². The summed E-state index contributed by atoms with van der Waals surface area (Å²) in [5, 5.41) is 0. The summed E-state index contributed by atoms with van der Waals surface area (Å²) in [4.78, 5) is 16.8. The lowest BCUT2D eigenvalue weighted by atomic mass is 10.2. The highest BCUT2D eigenvalue weighted by Crippen LogP contribution is 2.30. The van der Waals surface area contributed by atoms with E-state index in [0.29, 0.717) is 44.2 Å². The summed E-state index contributed by atoms with van der Waals surface area (Å²) in [6, 6.07) is 4.62. The lowest BCUT2D eigenvalue weighted by Crippen LogP contribution is -2.51. The van der Waals surface area contributed by atoms with Crippen LogP contribution >= 0.6 is 0 Å². The number of hydrogen-bond acceptors (Lipinski definition) is 6. The first-order valence-corrected chi connectivity index (χ1v) is 11.6. The van der Waals surface area contributed by atoms with Crippen molar-refractivity contribution in [3.8, 4) is 11.5 Å². The maximum Gasteiger partial charge on any atom is 0.243 e. The van der Waals surface area contributed by atoms with E-state index < -0.39 is 10.0 Å². The van der Waals surface area contributed by atoms with E-state index >= 15 is 0 Å². The van der Waals surface area contributed by atoms with Crippen LogP contribution in [0.2, 0.25) is 0 Å². The topological polar surface area (TPSA) is 79.4 Å². The molecule has 1 aromatic carbocycles. The number of nitrogens with zero attached hydrogens (tertiary/aromatic N) is 3. The van der Waals surface area contributed by atoms with Crippen LogP contribution in [0.1, 0.15) is 25.7 Å². The van der Waals surface area contributed by atoms with Gasteiger partial charge in [0.2, 0.25) is 15.9 Å². The Labute approximate surface area is 173 Å². The molecule has 0 aliphatic carbocycles. The smallest absolute Gasteiger partial charge is 0.243 e. The van der Waals surface area contributed by atoms with Gasteiger partial charge in [0.25, 0.3) is 0 Å². The summed E-state index contributed by atoms with van der Waals surface area (Å²) >= 11 is 0. The molecule has 0 bridgehead atoms. The first-order chi connectivity index (χ1) is 14.0. The predicted octanol–water partition coefficient (Wildman–Crippen LogP) is 1.41. The molecular formula is C20H31N3O5S. The Bertz CT molecular complexity index is 798. The fourth-order valence-corrected chi connectivity index (χ4v) is 5.30. The molecule has 2 saturated heterocycles. The van der Waals surface area contributed by atoms with Gasteiger partial charge in [-0.15, -0.1) is 0 Å². The van der Waals surface area contributed by atoms with Gasteiger partial charge in [-0.25, -0.2) is 8.42 Å². The zero-order valence-electron chi connectivity index (χ0n) is 17.3. The maximum atomic E-state index is 13.0. The van der Waals surface area contributed by atoms with Gasteiger partial charge in [0.1, 0.15) is 0 Å². The normalized spacial score (nSPS) is 19.6. The van der Waals surface area contributed by atoms with Crippen molar-refractivity contribution in [3.05, 3.63) is 18.2 Å². The number of amides is 1. The fraction of sp³-hybridized carbons (Fsp3) is 0.650. The van der Waals surface area contributed by atoms with Crippen molar-refractivity contribution in [2.24, 2.45) is 0 Å². The summed E-state index contributed by atoms with van der Waals surface area (Å²) < 4.78 is 37.9. The van der Waals surface area contributed by atoms with Gasteiger partial charge in [0, 0.05) is 45.3 Å². The molecule has 2 aliphatic rings. The highest BCUT2D eigenvalue weighted by molar-refractivity contribution is 7.89. The lowest BCUT2D eigenvalue weighted by molar-refractivity contribution is -0.132. The number of rotatable bonds is 6. The molecule has 0 aromatic heterocycles. The second-order valence-electron chi connectivity index (χ2n) is 7.49. The molecule has 0 saturated carbocycles. The quantitative estimate of drug-likeness (QED) is 0.686. The standard InChI is InChI=1S/C20H31N3O5S/c1-27-18-8-7-17(15-19(18)28-2)29(25,26)23-13-11-21(12-14-23)16-20(24)22-9-5-3-4-6-10-22/h7-8,15H,3-6,9-14,16H2,1-2H3. The van der Waals surface area contributed by atoms with Crippen LogP contribution < -0.4 is 9.47 Å². The van der Waals surface area contributed by atoms with Crippen molar-refractivity contribution in [1.82, 2.24) is 14.1 Å². The molecule has 2 aliphatic heterocycles. The van der Waals surface area contributed by atoms with Gasteiger partial charge in [0.15, 0.2) is 11.5 Å². The molecule has 1 aromatic rings. The van der Waals surface area contributed by atoms with E-state index in [4.69, 9.17) is 9.47 Å². The molecule has 0 N–H and O–H groups in total. The number of likely N-dealkylation sites (tertiary alicyclic amines) is 1. The molecule has 2 fully saturated rings. The van der Waals surface area contributed by atoms with Crippen LogP contribution in [0.5, 0.6) is 11.5 Å². The zero-order chi connectivity index (χ0) is 20.9. The number of benzene rings is 1. The Morgan fingerprint density at radius 1 is 0.897 bits per heavy atom. The van der Waals surface area contributed by atoms with Crippen molar-refractivity contribution in [1.29, 1.82) is 0 Å². The van der Waals surface area contributed by atoms with Crippen LogP contribution in [0, 0.1) is 0 Å². The van der Waals surface area contributed by atoms with E-state index in [1.54, 1.807) is 6.07 Å². The average Bonchev–Trinajstić information content (AvgIpc) is 3.03. The molecule has 1 amide bonds. The summed E-state index contributed by atoms with van der Waals surface area (Å²) in [6.45, 7) is 3.87. The highest BCUT2D eigenvalue weighted by atomic mass is 32.2. The minimum atomic E-state index is -3.62. The molecular weight excluding hydrogens is 394 g/mol. The van der Waals surface area contributed by atoms with Crippen LogP contribution in [0.3, 0.4) is 0 Å². The fourth-order valence-electron chi connectivity index (χ4n) is 3.87. The third kappa shape index (κ3) is 5.21. The monoisotopic (exact) mass is 425 g/mol. The summed E-state index contributed by atoms with van der Waals surface area (Å²) in [5.74, 6) is 1.03. The van der Waals surface area contributed by atoms with Crippen molar-refractivity contribution in [3.63, 3.8) is 0 Å². The van der Waals surface area contributed by atoms with Gasteiger partial charge < -0.3 is 14.4 Å². The number of carbonyl (C=O) groups excluding carboxylic acids is 1. The van der Waals surface area contributed by atoms with Gasteiger partial charge in [-0.05, 0) is 25.0 Å². The van der Waals surface area contributed by atoms with Crippen LogP contribution in [-0.2, 0) is 14.8 Å². The zero-order valence-corrected chi connectivity index (χ0v) is 18.1. The molecule has 9 heteroatoms. The van der Waals surface area contributed by atoms with E-state index in [2.05, 4.69) is 0 Å². The van der Waals surface area contributed by atoms with Gasteiger partial charge in [-0.1, -0.05) is 12.8 Å². The lowest BCUT2D eigenvalue weighted by Gasteiger charge is -2.34. The van der Waals surface area contributed by atoms with Crippen LogP contribution in [0.4, 0.5) is 0 Å². The van der Waals surface area contributed by atoms with Crippen molar-refractivity contribution in [2.75, 3.05) is 60.0 Å². The van der Waals surface area contributed by atoms with Gasteiger partial charge in [-0.3, -0.25) is 9.69 Å². The predicted molar refractivity (Wildman–Crippen MR) is 110 cm³/mol. The van der Waals surface area contributed by atoms with Crippen LogP contribution in [0.25, 0.3) is 0 Å². The molecule has 0 radical (unpaired) electrons. The second kappa shape index (κ2) is 9.77. The Morgan fingerprint density at radius 2 is 1.52 bits per heavy atom. The minimum Gasteiger partial charge on any atom is -0.493 e. The van der Waals surface area contributed by atoms with Crippen LogP contribution in [-0.4, -0.2) is 88.5 Å². The van der Waals surface area contributed by atoms with Crippen molar-refractivity contribution >= 4 is 15.9 Å². The van der Waals surface area contributed by atoms with Gasteiger partial charge in [0.05, 0.1) is 25.7 Å². The summed E-state index contributed by atoms with van der Waals surface area (Å²) in [7, 11) is -0.628. The highest BCUT2D eigenvalue weighted by Gasteiger charge is 2.30. The Morgan fingerprint density at radius 3 is 2.10 bits per heavy atom. The number of piperazine rings is 1. The number of ether oxygens (including phenoxy) is 2. The van der Waals surface area contributed by atoms with Crippen molar-refractivity contribution in [2.45, 2.75) is 30.6 Å². The molecule has 0 spiro atoms. The molecule has 0 unspecified atom stereocenters. The maximum absolute atomic E-state index is 13.0. The van der Waals surface area contributed by atoms with E-state index in [0.717, 1.165) is 25.9 Å². The van der Waals surface area contributed by atoms with Crippen LogP contribution in [0.15, 0.2) is 23.1 Å². The number of methoxy groups -OCH3 is 2.